The number of nitrogens with zero attached hydrogens (tertiary/aromatic N) is 2. The Kier molecular flexibility index (Phi) is 3.14. The molecule has 1 aromatic heterocycles. The molecular weight excluding hydrogens is 284 g/mol. The number of rotatable bonds is 1. The van der Waals surface area contributed by atoms with Gasteiger partial charge in [0.2, 0.25) is 5.95 Å². The Morgan fingerprint density at radius 3 is 2.53 bits per heavy atom. The van der Waals surface area contributed by atoms with Crippen LogP contribution >= 0.6 is 15.9 Å². The minimum atomic E-state index is -4.92. The molecule has 0 saturated heterocycles. The Hall–Kier alpha value is -1.36. The quantitative estimate of drug-likeness (QED) is 0.588. The molecule has 8 heteroatoms. The Labute approximate surface area is 89.4 Å². The Morgan fingerprint density at radius 1 is 1.47 bits per heavy atom. The average Bonchev–Trinajstić information content (AvgIpc) is 2.07. The summed E-state index contributed by atoms with van der Waals surface area (Å²) in [6, 6.07) is 1.95. The van der Waals surface area contributed by atoms with E-state index in [1.165, 1.54) is 6.07 Å². The Bertz CT molecular complexity index is 426. The van der Waals surface area contributed by atoms with Gasteiger partial charge < -0.3 is 4.74 Å². The molecular formula is C7HBrF4N2O. The third kappa shape index (κ3) is 3.06. The summed E-state index contributed by atoms with van der Waals surface area (Å²) in [5.74, 6) is -1.93. The second-order valence-corrected chi connectivity index (χ2v) is 3.03. The molecule has 0 amide bonds. The molecule has 0 aliphatic rings. The molecule has 0 bridgehead atoms. The fraction of sp³-hybridized carbons (Fsp3) is 0.143. The normalized spacial score (nSPS) is 10.9. The molecule has 1 aromatic rings. The van der Waals surface area contributed by atoms with Gasteiger partial charge in [-0.1, -0.05) is 0 Å². The number of ether oxygens (including phenoxy) is 1. The van der Waals surface area contributed by atoms with Crippen molar-refractivity contribution in [3.63, 3.8) is 0 Å². The highest BCUT2D eigenvalue weighted by atomic mass is 79.9. The van der Waals surface area contributed by atoms with E-state index in [-0.39, 0.29) is 0 Å². The lowest BCUT2D eigenvalue weighted by molar-refractivity contribution is -0.275. The van der Waals surface area contributed by atoms with Gasteiger partial charge in [0.15, 0.2) is 10.4 Å². The smallest absolute Gasteiger partial charge is 0.403 e. The predicted octanol–water partition coefficient (Wildman–Crippen LogP) is 2.75. The first kappa shape index (κ1) is 11.7. The van der Waals surface area contributed by atoms with Crippen molar-refractivity contribution in [2.24, 2.45) is 0 Å². The maximum atomic E-state index is 12.8. The van der Waals surface area contributed by atoms with Crippen LogP contribution in [0.15, 0.2) is 10.7 Å². The Morgan fingerprint density at radius 2 is 2.07 bits per heavy atom. The van der Waals surface area contributed by atoms with Gasteiger partial charge in [-0.05, 0) is 15.9 Å². The topological polar surface area (TPSA) is 45.9 Å². The van der Waals surface area contributed by atoms with E-state index in [1.807, 2.05) is 0 Å². The molecule has 0 unspecified atom stereocenters. The minimum absolute atomic E-state index is 0.462. The summed E-state index contributed by atoms with van der Waals surface area (Å²) in [5.41, 5.74) is -0.627. The van der Waals surface area contributed by atoms with Crippen molar-refractivity contribution in [2.75, 3.05) is 0 Å². The number of nitriles is 1. The SMILES string of the molecule is N#Cc1cc(OC(F)(F)F)c(Br)nc1F. The van der Waals surface area contributed by atoms with Crippen LogP contribution in [0.25, 0.3) is 0 Å². The van der Waals surface area contributed by atoms with Crippen LogP contribution in [-0.2, 0) is 0 Å². The van der Waals surface area contributed by atoms with E-state index < -0.39 is 28.2 Å². The predicted molar refractivity (Wildman–Crippen MR) is 43.3 cm³/mol. The van der Waals surface area contributed by atoms with E-state index >= 15 is 0 Å². The first-order valence-corrected chi connectivity index (χ1v) is 4.14. The van der Waals surface area contributed by atoms with Gasteiger partial charge in [0.05, 0.1) is 0 Å². The summed E-state index contributed by atoms with van der Waals surface area (Å²) in [5, 5.41) is 8.35. The van der Waals surface area contributed by atoms with Crippen LogP contribution in [0.5, 0.6) is 5.75 Å². The van der Waals surface area contributed by atoms with Gasteiger partial charge in [-0.3, -0.25) is 0 Å². The number of alkyl halides is 3. The van der Waals surface area contributed by atoms with Gasteiger partial charge in [-0.25, -0.2) is 4.98 Å². The summed E-state index contributed by atoms with van der Waals surface area (Å²) in [6.45, 7) is 0. The molecule has 0 aromatic carbocycles. The van der Waals surface area contributed by atoms with E-state index in [0.717, 1.165) is 0 Å². The lowest BCUT2D eigenvalue weighted by atomic mass is 10.3. The second-order valence-electron chi connectivity index (χ2n) is 2.28. The first-order valence-electron chi connectivity index (χ1n) is 3.35. The van der Waals surface area contributed by atoms with Crippen LogP contribution in [0.1, 0.15) is 5.56 Å². The van der Waals surface area contributed by atoms with Crippen molar-refractivity contribution in [3.8, 4) is 11.8 Å². The van der Waals surface area contributed by atoms with Gasteiger partial charge in [0.25, 0.3) is 0 Å². The zero-order chi connectivity index (χ0) is 11.6. The molecule has 0 fully saturated rings. The van der Waals surface area contributed by atoms with Crippen LogP contribution in [0, 0.1) is 17.3 Å². The third-order valence-corrected chi connectivity index (χ3v) is 1.81. The monoisotopic (exact) mass is 284 g/mol. The van der Waals surface area contributed by atoms with Crippen molar-refractivity contribution in [1.82, 2.24) is 4.98 Å². The summed E-state index contributed by atoms with van der Waals surface area (Å²) in [7, 11) is 0. The number of pyridine rings is 1. The zero-order valence-electron chi connectivity index (χ0n) is 6.77. The lowest BCUT2D eigenvalue weighted by Gasteiger charge is -2.09. The molecule has 0 aliphatic heterocycles. The van der Waals surface area contributed by atoms with Gasteiger partial charge in [-0.15, -0.1) is 13.2 Å². The molecule has 0 aliphatic carbocycles. The van der Waals surface area contributed by atoms with Crippen molar-refractivity contribution < 1.29 is 22.3 Å². The fourth-order valence-electron chi connectivity index (χ4n) is 0.726. The molecule has 1 heterocycles. The van der Waals surface area contributed by atoms with Crippen molar-refractivity contribution in [3.05, 3.63) is 22.2 Å². The molecule has 0 N–H and O–H groups in total. The first-order chi connectivity index (χ1) is 6.83. The number of aromatic nitrogens is 1. The summed E-state index contributed by atoms with van der Waals surface area (Å²) in [6.07, 6.45) is -4.92. The summed E-state index contributed by atoms with van der Waals surface area (Å²) >= 11 is 2.58. The molecule has 15 heavy (non-hydrogen) atoms. The van der Waals surface area contributed by atoms with Crippen LogP contribution in [0.3, 0.4) is 0 Å². The molecule has 0 saturated carbocycles. The highest BCUT2D eigenvalue weighted by Gasteiger charge is 2.32. The maximum absolute atomic E-state index is 12.8. The maximum Gasteiger partial charge on any atom is 0.573 e. The van der Waals surface area contributed by atoms with E-state index in [9.17, 15) is 17.6 Å². The fourth-order valence-corrected chi connectivity index (χ4v) is 1.08. The number of hydrogen-bond acceptors (Lipinski definition) is 3. The molecule has 0 spiro atoms. The third-order valence-electron chi connectivity index (χ3n) is 1.24. The van der Waals surface area contributed by atoms with E-state index in [0.29, 0.717) is 6.07 Å². The van der Waals surface area contributed by atoms with Gasteiger partial charge >= 0.3 is 6.36 Å². The number of hydrogen-bond donors (Lipinski definition) is 0. The minimum Gasteiger partial charge on any atom is -0.403 e. The van der Waals surface area contributed by atoms with Crippen LogP contribution < -0.4 is 4.74 Å². The largest absolute Gasteiger partial charge is 0.573 e. The zero-order valence-corrected chi connectivity index (χ0v) is 8.36. The molecule has 0 radical (unpaired) electrons. The van der Waals surface area contributed by atoms with Gasteiger partial charge in [0, 0.05) is 6.07 Å². The summed E-state index contributed by atoms with van der Waals surface area (Å²) in [4.78, 5) is 3.03. The number of halogens is 5. The van der Waals surface area contributed by atoms with E-state index in [2.05, 4.69) is 25.7 Å². The van der Waals surface area contributed by atoms with Gasteiger partial charge in [-0.2, -0.15) is 9.65 Å². The molecule has 3 nitrogen and oxygen atoms in total. The van der Waals surface area contributed by atoms with Crippen LogP contribution in [0.4, 0.5) is 17.6 Å². The highest BCUT2D eigenvalue weighted by molar-refractivity contribution is 9.10. The van der Waals surface area contributed by atoms with Gasteiger partial charge in [0.1, 0.15) is 11.6 Å². The Balaban J connectivity index is 3.15. The van der Waals surface area contributed by atoms with Crippen LogP contribution in [0.2, 0.25) is 0 Å². The lowest BCUT2D eigenvalue weighted by Crippen LogP contribution is -2.18. The van der Waals surface area contributed by atoms with E-state index in [4.69, 9.17) is 5.26 Å². The van der Waals surface area contributed by atoms with Crippen molar-refractivity contribution >= 4 is 15.9 Å². The van der Waals surface area contributed by atoms with Crippen molar-refractivity contribution in [2.45, 2.75) is 6.36 Å². The van der Waals surface area contributed by atoms with Crippen LogP contribution in [-0.4, -0.2) is 11.3 Å². The summed E-state index contributed by atoms with van der Waals surface area (Å²) < 4.78 is 51.2. The van der Waals surface area contributed by atoms with Crippen molar-refractivity contribution in [1.29, 1.82) is 5.26 Å². The highest BCUT2D eigenvalue weighted by Crippen LogP contribution is 2.30. The van der Waals surface area contributed by atoms with E-state index in [1.54, 1.807) is 0 Å². The molecule has 0 atom stereocenters. The average molecular weight is 285 g/mol. The molecule has 1 rings (SSSR count). The standard InChI is InChI=1S/C7HBrF4N2O/c8-5-4(15-7(10,11)12)1-3(2-13)6(9)14-5/h1H. The molecule has 80 valence electrons. The second kappa shape index (κ2) is 4.02.